The van der Waals surface area contributed by atoms with Gasteiger partial charge in [-0.3, -0.25) is 19.8 Å². The molecule has 1 spiro atoms. The SMILES string of the molecule is CNC(=O)Nc1sc2nc(C)ccc2c1C(=O)N1CCC(N2CCCC3(C2)OC(=O)N(C(C)C)C3=O)CC1. The van der Waals surface area contributed by atoms with Crippen LogP contribution < -0.4 is 10.6 Å². The third kappa shape index (κ3) is 4.60. The lowest BCUT2D eigenvalue weighted by atomic mass is 9.89. The molecule has 3 aliphatic rings. The number of likely N-dealkylation sites (tertiary alicyclic amines) is 2. The number of aromatic nitrogens is 1. The van der Waals surface area contributed by atoms with Gasteiger partial charge in [-0.05, 0) is 65.1 Å². The molecule has 1 atom stereocenters. The highest BCUT2D eigenvalue weighted by Gasteiger charge is 2.56. The number of fused-ring (bicyclic) bond motifs is 1. The minimum atomic E-state index is -1.10. The molecule has 2 aromatic rings. The average Bonchev–Trinajstić information content (AvgIpc) is 3.35. The summed E-state index contributed by atoms with van der Waals surface area (Å²) in [6, 6.07) is 3.30. The van der Waals surface area contributed by atoms with Crippen molar-refractivity contribution < 1.29 is 23.9 Å². The maximum atomic E-state index is 13.7. The van der Waals surface area contributed by atoms with Crippen LogP contribution in [-0.4, -0.2) is 94.5 Å². The number of piperidine rings is 2. The van der Waals surface area contributed by atoms with E-state index in [0.717, 1.165) is 36.9 Å². The van der Waals surface area contributed by atoms with Crippen LogP contribution in [0.2, 0.25) is 0 Å². The van der Waals surface area contributed by atoms with Crippen molar-refractivity contribution in [3.05, 3.63) is 23.4 Å². The monoisotopic (exact) mass is 542 g/mol. The fourth-order valence-electron chi connectivity index (χ4n) is 5.76. The molecule has 204 valence electrons. The van der Waals surface area contributed by atoms with E-state index in [1.807, 2.05) is 37.8 Å². The third-order valence-corrected chi connectivity index (χ3v) is 8.73. The van der Waals surface area contributed by atoms with E-state index in [0.29, 0.717) is 41.5 Å². The molecule has 3 aliphatic heterocycles. The van der Waals surface area contributed by atoms with Gasteiger partial charge in [-0.15, -0.1) is 0 Å². The zero-order chi connectivity index (χ0) is 27.2. The molecule has 5 heterocycles. The van der Waals surface area contributed by atoms with E-state index in [4.69, 9.17) is 4.74 Å². The first-order valence-corrected chi connectivity index (χ1v) is 13.9. The van der Waals surface area contributed by atoms with Crippen LogP contribution in [0.1, 0.15) is 55.6 Å². The first-order valence-electron chi connectivity index (χ1n) is 13.1. The fourth-order valence-corrected chi connectivity index (χ4v) is 6.87. The largest absolute Gasteiger partial charge is 0.431 e. The topological polar surface area (TPSA) is 124 Å². The number of imide groups is 1. The Morgan fingerprint density at radius 2 is 1.92 bits per heavy atom. The van der Waals surface area contributed by atoms with E-state index < -0.39 is 17.7 Å². The van der Waals surface area contributed by atoms with Gasteiger partial charge in [-0.25, -0.2) is 19.5 Å². The van der Waals surface area contributed by atoms with Crippen LogP contribution in [0.3, 0.4) is 0 Å². The van der Waals surface area contributed by atoms with Crippen molar-refractivity contribution in [3.63, 3.8) is 0 Å². The van der Waals surface area contributed by atoms with E-state index in [1.165, 1.54) is 23.3 Å². The summed E-state index contributed by atoms with van der Waals surface area (Å²) in [6.45, 7) is 7.84. The van der Waals surface area contributed by atoms with Gasteiger partial charge >= 0.3 is 12.1 Å². The van der Waals surface area contributed by atoms with Gasteiger partial charge in [0.05, 0.1) is 5.56 Å². The number of hydrogen-bond acceptors (Lipinski definition) is 8. The molecule has 12 heteroatoms. The molecule has 3 saturated heterocycles. The maximum absolute atomic E-state index is 13.7. The quantitative estimate of drug-likeness (QED) is 0.608. The predicted octanol–water partition coefficient (Wildman–Crippen LogP) is 3.18. The summed E-state index contributed by atoms with van der Waals surface area (Å²) in [6.07, 6.45) is 2.24. The Kier molecular flexibility index (Phi) is 7.03. The average molecular weight is 543 g/mol. The first-order chi connectivity index (χ1) is 18.1. The van der Waals surface area contributed by atoms with Crippen molar-refractivity contribution in [1.29, 1.82) is 0 Å². The zero-order valence-corrected chi connectivity index (χ0v) is 23.0. The van der Waals surface area contributed by atoms with Crippen LogP contribution in [0.5, 0.6) is 0 Å². The molecule has 3 fully saturated rings. The van der Waals surface area contributed by atoms with E-state index in [-0.39, 0.29) is 23.9 Å². The standard InChI is InChI=1S/C26H34N6O5S/c1-15(2)32-23(34)26(37-25(32)36)10-5-11-31(14-26)17-8-12-30(13-9-17)22(33)19-18-7-6-16(3)28-20(18)38-21(19)29-24(35)27-4/h6-7,15,17H,5,8-14H2,1-4H3,(H2,27,29,35). The summed E-state index contributed by atoms with van der Waals surface area (Å²) < 4.78 is 5.70. The minimum absolute atomic E-state index is 0.130. The number of carbonyl (C=O) groups excluding carboxylic acids is 4. The van der Waals surface area contributed by atoms with Crippen LogP contribution in [0.25, 0.3) is 10.2 Å². The number of thiophene rings is 1. The molecule has 0 bridgehead atoms. The zero-order valence-electron chi connectivity index (χ0n) is 22.2. The van der Waals surface area contributed by atoms with Crippen molar-refractivity contribution in [2.45, 2.75) is 64.1 Å². The Labute approximate surface area is 225 Å². The number of aryl methyl sites for hydroxylation is 1. The smallest absolute Gasteiger partial charge is 0.418 e. The summed E-state index contributed by atoms with van der Waals surface area (Å²) in [7, 11) is 1.53. The minimum Gasteiger partial charge on any atom is -0.431 e. The van der Waals surface area contributed by atoms with E-state index in [1.54, 1.807) is 0 Å². The molecule has 2 N–H and O–H groups in total. The molecule has 5 rings (SSSR count). The van der Waals surface area contributed by atoms with Crippen molar-refractivity contribution in [1.82, 2.24) is 25.0 Å². The number of amides is 5. The number of urea groups is 1. The van der Waals surface area contributed by atoms with Crippen molar-refractivity contribution in [2.24, 2.45) is 0 Å². The van der Waals surface area contributed by atoms with Crippen LogP contribution in [-0.2, 0) is 9.53 Å². The molecule has 0 aliphatic carbocycles. The molecule has 38 heavy (non-hydrogen) atoms. The summed E-state index contributed by atoms with van der Waals surface area (Å²) in [5.41, 5.74) is 0.203. The highest BCUT2D eigenvalue weighted by Crippen LogP contribution is 2.38. The molecule has 2 aromatic heterocycles. The lowest BCUT2D eigenvalue weighted by Crippen LogP contribution is -2.58. The number of hydrogen-bond donors (Lipinski definition) is 2. The van der Waals surface area contributed by atoms with E-state index in [9.17, 15) is 19.2 Å². The van der Waals surface area contributed by atoms with Gasteiger partial charge in [0.1, 0.15) is 9.83 Å². The van der Waals surface area contributed by atoms with Gasteiger partial charge in [0.25, 0.3) is 11.8 Å². The Morgan fingerprint density at radius 1 is 1.18 bits per heavy atom. The fraction of sp³-hybridized carbons (Fsp3) is 0.577. The van der Waals surface area contributed by atoms with E-state index in [2.05, 4.69) is 20.5 Å². The van der Waals surface area contributed by atoms with Crippen molar-refractivity contribution in [3.8, 4) is 0 Å². The van der Waals surface area contributed by atoms with Crippen LogP contribution >= 0.6 is 11.3 Å². The van der Waals surface area contributed by atoms with Gasteiger partial charge in [0, 0.05) is 49.8 Å². The highest BCUT2D eigenvalue weighted by atomic mass is 32.1. The lowest BCUT2D eigenvalue weighted by molar-refractivity contribution is -0.143. The van der Waals surface area contributed by atoms with Gasteiger partial charge in [0.2, 0.25) is 5.60 Å². The van der Waals surface area contributed by atoms with Gasteiger partial charge in [-0.2, -0.15) is 0 Å². The molecular weight excluding hydrogens is 508 g/mol. The highest BCUT2D eigenvalue weighted by molar-refractivity contribution is 7.23. The van der Waals surface area contributed by atoms with Crippen molar-refractivity contribution >= 4 is 50.5 Å². The second-order valence-electron chi connectivity index (χ2n) is 10.5. The molecule has 0 aromatic carbocycles. The third-order valence-electron chi connectivity index (χ3n) is 7.72. The van der Waals surface area contributed by atoms with Crippen molar-refractivity contribution in [2.75, 3.05) is 38.5 Å². The first kappa shape index (κ1) is 26.4. The number of ether oxygens (including phenoxy) is 1. The lowest BCUT2D eigenvalue weighted by Gasteiger charge is -2.44. The Bertz CT molecular complexity index is 1290. The predicted molar refractivity (Wildman–Crippen MR) is 143 cm³/mol. The molecule has 11 nitrogen and oxygen atoms in total. The van der Waals surface area contributed by atoms with Crippen LogP contribution in [0, 0.1) is 6.92 Å². The van der Waals surface area contributed by atoms with Gasteiger partial charge in [0.15, 0.2) is 0 Å². The molecule has 0 saturated carbocycles. The number of nitrogens with zero attached hydrogens (tertiary/aromatic N) is 4. The summed E-state index contributed by atoms with van der Waals surface area (Å²) in [5.74, 6) is -0.367. The Morgan fingerprint density at radius 3 is 2.58 bits per heavy atom. The van der Waals surface area contributed by atoms with Crippen LogP contribution in [0.4, 0.5) is 14.6 Å². The number of rotatable bonds is 4. The van der Waals surface area contributed by atoms with Gasteiger partial charge in [-0.1, -0.05) is 11.3 Å². The number of pyridine rings is 1. The summed E-state index contributed by atoms with van der Waals surface area (Å²) in [5, 5.41) is 6.55. The second kappa shape index (κ2) is 10.1. The molecule has 1 unspecified atom stereocenters. The summed E-state index contributed by atoms with van der Waals surface area (Å²) in [4.78, 5) is 62.0. The van der Waals surface area contributed by atoms with Gasteiger partial charge < -0.3 is 15.0 Å². The number of carbonyl (C=O) groups is 4. The normalized spacial score (nSPS) is 23.0. The summed E-state index contributed by atoms with van der Waals surface area (Å²) >= 11 is 1.29. The molecule has 5 amide bonds. The maximum Gasteiger partial charge on any atom is 0.418 e. The number of nitrogens with one attached hydrogen (secondary N) is 2. The molecular formula is C26H34N6O5S. The Hall–Kier alpha value is -3.25. The van der Waals surface area contributed by atoms with E-state index >= 15 is 0 Å². The Balaban J connectivity index is 1.29. The van der Waals surface area contributed by atoms with Crippen LogP contribution in [0.15, 0.2) is 12.1 Å². The second-order valence-corrected chi connectivity index (χ2v) is 11.5. The number of anilines is 1. The molecule has 0 radical (unpaired) electrons.